The number of benzene rings is 2. The van der Waals surface area contributed by atoms with Gasteiger partial charge in [-0.1, -0.05) is 35.9 Å². The topological polar surface area (TPSA) is 86.7 Å². The predicted octanol–water partition coefficient (Wildman–Crippen LogP) is 5.24. The van der Waals surface area contributed by atoms with Gasteiger partial charge in [-0.15, -0.1) is 0 Å². The molecule has 0 N–H and O–H groups in total. The van der Waals surface area contributed by atoms with Gasteiger partial charge in [0, 0.05) is 42.7 Å². The summed E-state index contributed by atoms with van der Waals surface area (Å²) in [4.78, 5) is 25.8. The Morgan fingerprint density at radius 2 is 1.45 bits per heavy atom. The lowest BCUT2D eigenvalue weighted by Gasteiger charge is -2.36. The van der Waals surface area contributed by atoms with Crippen molar-refractivity contribution < 1.29 is 26.9 Å². The SMILES string of the molecule is O=C1CCCC2=C1C(c1ccc(OS(=O)(=O)c3ccccc3)c(Cl)c1)C1=C(CCCC1=O)O2. The molecule has 0 fully saturated rings. The van der Waals surface area contributed by atoms with Crippen molar-refractivity contribution >= 4 is 33.3 Å². The highest BCUT2D eigenvalue weighted by Gasteiger charge is 2.41. The largest absolute Gasteiger partial charge is 0.465 e. The van der Waals surface area contributed by atoms with E-state index in [0.29, 0.717) is 66.8 Å². The second-order valence-corrected chi connectivity index (χ2v) is 10.3. The van der Waals surface area contributed by atoms with Crippen LogP contribution in [0.2, 0.25) is 5.02 Å². The van der Waals surface area contributed by atoms with E-state index in [1.54, 1.807) is 30.3 Å². The third kappa shape index (κ3) is 4.00. The molecule has 6 nitrogen and oxygen atoms in total. The fourth-order valence-electron chi connectivity index (χ4n) is 4.67. The first-order valence-electron chi connectivity index (χ1n) is 10.8. The molecule has 0 atom stereocenters. The van der Waals surface area contributed by atoms with Gasteiger partial charge in [0.2, 0.25) is 0 Å². The molecule has 1 aliphatic heterocycles. The zero-order valence-electron chi connectivity index (χ0n) is 17.7. The fourth-order valence-corrected chi connectivity index (χ4v) is 5.91. The molecule has 0 amide bonds. The molecule has 1 heterocycles. The zero-order valence-corrected chi connectivity index (χ0v) is 19.2. The van der Waals surface area contributed by atoms with Crippen molar-refractivity contribution in [2.75, 3.05) is 0 Å². The Labute approximate surface area is 197 Å². The third-order valence-corrected chi connectivity index (χ3v) is 7.71. The van der Waals surface area contributed by atoms with E-state index < -0.39 is 16.0 Å². The Morgan fingerprint density at radius 3 is 2.03 bits per heavy atom. The molecule has 5 rings (SSSR count). The van der Waals surface area contributed by atoms with Crippen molar-refractivity contribution in [2.45, 2.75) is 49.3 Å². The molecule has 0 radical (unpaired) electrons. The van der Waals surface area contributed by atoms with Gasteiger partial charge in [-0.3, -0.25) is 9.59 Å². The molecule has 8 heteroatoms. The van der Waals surface area contributed by atoms with Crippen LogP contribution in [0.4, 0.5) is 0 Å². The summed E-state index contributed by atoms with van der Waals surface area (Å²) in [7, 11) is -4.06. The summed E-state index contributed by atoms with van der Waals surface area (Å²) < 4.78 is 36.5. The van der Waals surface area contributed by atoms with Crippen LogP contribution in [0.25, 0.3) is 0 Å². The first-order valence-corrected chi connectivity index (χ1v) is 12.6. The van der Waals surface area contributed by atoms with Crippen molar-refractivity contribution in [3.8, 4) is 5.75 Å². The number of hydrogen-bond acceptors (Lipinski definition) is 6. The fraction of sp³-hybridized carbons (Fsp3) is 0.280. The molecule has 0 aromatic heterocycles. The summed E-state index contributed by atoms with van der Waals surface area (Å²) in [6.07, 6.45) is 3.52. The minimum Gasteiger partial charge on any atom is -0.465 e. The molecule has 33 heavy (non-hydrogen) atoms. The van der Waals surface area contributed by atoms with E-state index in [1.807, 2.05) is 0 Å². The molecule has 0 bridgehead atoms. The summed E-state index contributed by atoms with van der Waals surface area (Å²) in [5, 5.41) is 0.0781. The second-order valence-electron chi connectivity index (χ2n) is 8.30. The summed E-state index contributed by atoms with van der Waals surface area (Å²) >= 11 is 6.44. The minimum atomic E-state index is -4.06. The monoisotopic (exact) mass is 484 g/mol. The van der Waals surface area contributed by atoms with Crippen molar-refractivity contribution in [3.63, 3.8) is 0 Å². The number of carbonyl (C=O) groups is 2. The average Bonchev–Trinajstić information content (AvgIpc) is 2.80. The van der Waals surface area contributed by atoms with Gasteiger partial charge in [0.05, 0.1) is 5.02 Å². The van der Waals surface area contributed by atoms with Gasteiger partial charge in [0.15, 0.2) is 17.3 Å². The van der Waals surface area contributed by atoms with E-state index in [4.69, 9.17) is 20.5 Å². The van der Waals surface area contributed by atoms with Crippen LogP contribution in [0, 0.1) is 0 Å². The van der Waals surface area contributed by atoms with Crippen molar-refractivity contribution in [2.24, 2.45) is 0 Å². The summed E-state index contributed by atoms with van der Waals surface area (Å²) in [5.74, 6) is 0.607. The van der Waals surface area contributed by atoms with Crippen LogP contribution in [-0.2, 0) is 24.4 Å². The Balaban J connectivity index is 1.55. The van der Waals surface area contributed by atoms with Crippen LogP contribution in [0.15, 0.2) is 76.1 Å². The van der Waals surface area contributed by atoms with E-state index in [-0.39, 0.29) is 27.2 Å². The Morgan fingerprint density at radius 1 is 0.848 bits per heavy atom. The lowest BCUT2D eigenvalue weighted by atomic mass is 9.73. The lowest BCUT2D eigenvalue weighted by molar-refractivity contribution is -0.117. The molecule has 2 aromatic rings. The van der Waals surface area contributed by atoms with Crippen LogP contribution in [0.5, 0.6) is 5.75 Å². The average molecular weight is 485 g/mol. The number of rotatable bonds is 4. The van der Waals surface area contributed by atoms with Crippen LogP contribution in [0.3, 0.4) is 0 Å². The number of carbonyl (C=O) groups excluding carboxylic acids is 2. The predicted molar refractivity (Wildman–Crippen MR) is 121 cm³/mol. The zero-order chi connectivity index (χ0) is 23.2. The highest BCUT2D eigenvalue weighted by molar-refractivity contribution is 7.87. The van der Waals surface area contributed by atoms with Crippen molar-refractivity contribution in [1.82, 2.24) is 0 Å². The number of ketones is 2. The summed E-state index contributed by atoms with van der Waals surface area (Å²) in [6.45, 7) is 0. The first kappa shape index (κ1) is 21.9. The Bertz CT molecular complexity index is 1280. The maximum Gasteiger partial charge on any atom is 0.339 e. The smallest absolute Gasteiger partial charge is 0.339 e. The number of halogens is 1. The van der Waals surface area contributed by atoms with E-state index in [9.17, 15) is 18.0 Å². The van der Waals surface area contributed by atoms with Gasteiger partial charge in [-0.05, 0) is 42.7 Å². The van der Waals surface area contributed by atoms with E-state index in [1.165, 1.54) is 18.2 Å². The molecule has 170 valence electrons. The minimum absolute atomic E-state index is 0.0137. The quantitative estimate of drug-likeness (QED) is 0.552. The normalized spacial score (nSPS) is 19.2. The molecule has 0 spiro atoms. The van der Waals surface area contributed by atoms with Gasteiger partial charge in [-0.25, -0.2) is 0 Å². The third-order valence-electron chi connectivity index (χ3n) is 6.16. The highest BCUT2D eigenvalue weighted by Crippen LogP contribution is 2.48. The van der Waals surface area contributed by atoms with Crippen LogP contribution < -0.4 is 4.18 Å². The molecular formula is C25H21ClO6S. The van der Waals surface area contributed by atoms with E-state index in [2.05, 4.69) is 0 Å². The highest BCUT2D eigenvalue weighted by atomic mass is 35.5. The molecule has 0 saturated carbocycles. The summed E-state index contributed by atoms with van der Waals surface area (Å²) in [6, 6.07) is 12.5. The van der Waals surface area contributed by atoms with Gasteiger partial charge < -0.3 is 8.92 Å². The maximum absolute atomic E-state index is 12.9. The molecule has 0 unspecified atom stereocenters. The van der Waals surface area contributed by atoms with Crippen LogP contribution in [0.1, 0.15) is 50.0 Å². The van der Waals surface area contributed by atoms with E-state index >= 15 is 0 Å². The number of allylic oxidation sites excluding steroid dienone is 4. The van der Waals surface area contributed by atoms with Crippen molar-refractivity contribution in [1.29, 1.82) is 0 Å². The maximum atomic E-state index is 12.9. The second kappa shape index (κ2) is 8.47. The lowest BCUT2D eigenvalue weighted by Crippen LogP contribution is -2.30. The molecule has 3 aliphatic rings. The molecular weight excluding hydrogens is 464 g/mol. The number of hydrogen-bond donors (Lipinski definition) is 0. The standard InChI is InChI=1S/C25H21ClO6S/c26-17-14-15(12-13-20(17)32-33(29,30)16-6-2-1-3-7-16)23-24-18(27)8-4-10-21(24)31-22-11-5-9-19(28)25(22)23/h1-3,6-7,12-14,23H,4-5,8-11H2. The van der Waals surface area contributed by atoms with Crippen molar-refractivity contribution in [3.05, 3.63) is 81.8 Å². The van der Waals surface area contributed by atoms with Gasteiger partial charge in [0.25, 0.3) is 0 Å². The van der Waals surface area contributed by atoms with E-state index in [0.717, 1.165) is 0 Å². The van der Waals surface area contributed by atoms with Crippen LogP contribution in [-0.4, -0.2) is 20.0 Å². The summed E-state index contributed by atoms with van der Waals surface area (Å²) in [5.41, 5.74) is 1.66. The van der Waals surface area contributed by atoms with Crippen LogP contribution >= 0.6 is 11.6 Å². The van der Waals surface area contributed by atoms with Gasteiger partial charge >= 0.3 is 10.1 Å². The first-order chi connectivity index (χ1) is 15.8. The molecule has 0 saturated heterocycles. The van der Waals surface area contributed by atoms with Gasteiger partial charge in [0.1, 0.15) is 16.4 Å². The number of Topliss-reactive ketones (excluding diaryl/α,β-unsaturated/α-hetero) is 2. The van der Waals surface area contributed by atoms with Gasteiger partial charge in [-0.2, -0.15) is 8.42 Å². The Hall–Kier alpha value is -2.90. The number of ether oxygens (including phenoxy) is 1. The Kier molecular flexibility index (Phi) is 5.62. The molecule has 2 aliphatic carbocycles. The molecule has 2 aromatic carbocycles.